The van der Waals surface area contributed by atoms with E-state index in [4.69, 9.17) is 11.6 Å². The minimum atomic E-state index is 0.731. The number of imidazole rings is 1. The Balaban J connectivity index is 2.87. The number of benzene rings is 1. The van der Waals surface area contributed by atoms with Crippen LogP contribution >= 0.6 is 11.6 Å². The molecule has 3 heteroatoms. The van der Waals surface area contributed by atoms with Crippen LogP contribution in [-0.4, -0.2) is 9.55 Å². The molecule has 0 atom stereocenters. The van der Waals surface area contributed by atoms with E-state index in [-0.39, 0.29) is 0 Å². The van der Waals surface area contributed by atoms with Crippen molar-refractivity contribution in [3.8, 4) is 0 Å². The second kappa shape index (κ2) is 2.24. The van der Waals surface area contributed by atoms with Crippen LogP contribution in [0.25, 0.3) is 11.0 Å². The zero-order valence-electron chi connectivity index (χ0n) is 6.00. The summed E-state index contributed by atoms with van der Waals surface area (Å²) in [7, 11) is 1.89. The van der Waals surface area contributed by atoms with E-state index in [2.05, 4.69) is 11.3 Å². The van der Waals surface area contributed by atoms with Crippen LogP contribution in [-0.2, 0) is 7.05 Å². The Morgan fingerprint density at radius 3 is 3.18 bits per heavy atom. The van der Waals surface area contributed by atoms with Gasteiger partial charge in [-0.3, -0.25) is 0 Å². The molecule has 1 aromatic carbocycles. The van der Waals surface area contributed by atoms with E-state index < -0.39 is 0 Å². The molecule has 0 aliphatic carbocycles. The number of halogens is 1. The molecule has 0 saturated carbocycles. The lowest BCUT2D eigenvalue weighted by atomic mass is 10.3. The highest BCUT2D eigenvalue weighted by atomic mass is 35.5. The summed E-state index contributed by atoms with van der Waals surface area (Å²) in [5, 5.41) is 0.731. The normalized spacial score (nSPS) is 10.7. The van der Waals surface area contributed by atoms with Gasteiger partial charge in [0.25, 0.3) is 0 Å². The van der Waals surface area contributed by atoms with Crippen LogP contribution in [0.2, 0.25) is 5.02 Å². The van der Waals surface area contributed by atoms with Crippen LogP contribution in [0.4, 0.5) is 0 Å². The standard InChI is InChI=1S/C8H6ClN2/c1-11-5-10-7-3-2-6(9)4-8(7)11/h2-4H,1H3. The van der Waals surface area contributed by atoms with Crippen molar-refractivity contribution in [3.05, 3.63) is 29.5 Å². The Morgan fingerprint density at radius 1 is 1.55 bits per heavy atom. The van der Waals surface area contributed by atoms with Crippen LogP contribution in [0.1, 0.15) is 0 Å². The van der Waals surface area contributed by atoms with E-state index in [9.17, 15) is 0 Å². The molecule has 0 bridgehead atoms. The van der Waals surface area contributed by atoms with E-state index >= 15 is 0 Å². The highest BCUT2D eigenvalue weighted by Gasteiger charge is 1.98. The molecule has 0 spiro atoms. The third kappa shape index (κ3) is 0.994. The molecule has 1 heterocycles. The summed E-state index contributed by atoms with van der Waals surface area (Å²) in [6, 6.07) is 5.58. The maximum atomic E-state index is 5.79. The van der Waals surface area contributed by atoms with Gasteiger partial charge in [0.15, 0.2) is 6.33 Å². The van der Waals surface area contributed by atoms with Crippen molar-refractivity contribution in [3.63, 3.8) is 0 Å². The van der Waals surface area contributed by atoms with Crippen molar-refractivity contribution < 1.29 is 0 Å². The van der Waals surface area contributed by atoms with E-state index in [0.29, 0.717) is 0 Å². The predicted octanol–water partition coefficient (Wildman–Crippen LogP) is 2.03. The second-order valence-corrected chi connectivity index (χ2v) is 2.84. The first-order valence-electron chi connectivity index (χ1n) is 3.27. The number of aromatic nitrogens is 2. The fourth-order valence-electron chi connectivity index (χ4n) is 1.04. The Kier molecular flexibility index (Phi) is 1.36. The molecule has 55 valence electrons. The summed E-state index contributed by atoms with van der Waals surface area (Å²) in [5.74, 6) is 0. The average molecular weight is 166 g/mol. The smallest absolute Gasteiger partial charge is 0.177 e. The number of rotatable bonds is 0. The van der Waals surface area contributed by atoms with Crippen molar-refractivity contribution in [1.82, 2.24) is 9.55 Å². The van der Waals surface area contributed by atoms with Gasteiger partial charge in [-0.1, -0.05) is 11.6 Å². The maximum Gasteiger partial charge on any atom is 0.177 e. The van der Waals surface area contributed by atoms with Gasteiger partial charge in [-0.2, -0.15) is 0 Å². The van der Waals surface area contributed by atoms with Gasteiger partial charge >= 0.3 is 0 Å². The molecule has 0 saturated heterocycles. The van der Waals surface area contributed by atoms with E-state index in [1.165, 1.54) is 0 Å². The SMILES string of the molecule is Cn1[c]nc2ccc(Cl)cc21. The van der Waals surface area contributed by atoms with Gasteiger partial charge in [-0.15, -0.1) is 0 Å². The third-order valence-electron chi connectivity index (χ3n) is 1.62. The Labute approximate surface area is 69.4 Å². The van der Waals surface area contributed by atoms with Crippen LogP contribution in [0.3, 0.4) is 0 Å². The average Bonchev–Trinajstić information content (AvgIpc) is 2.33. The summed E-state index contributed by atoms with van der Waals surface area (Å²) >= 11 is 5.79. The van der Waals surface area contributed by atoms with Crippen LogP contribution < -0.4 is 0 Å². The Hall–Kier alpha value is -1.02. The molecule has 0 aliphatic rings. The molecular formula is C8H6ClN2. The number of hydrogen-bond acceptors (Lipinski definition) is 1. The van der Waals surface area contributed by atoms with Crippen LogP contribution in [0, 0.1) is 6.33 Å². The number of nitrogens with zero attached hydrogens (tertiary/aromatic N) is 2. The topological polar surface area (TPSA) is 17.8 Å². The van der Waals surface area contributed by atoms with Gasteiger partial charge in [0.05, 0.1) is 11.0 Å². The maximum absolute atomic E-state index is 5.79. The molecule has 0 unspecified atom stereocenters. The van der Waals surface area contributed by atoms with E-state index in [1.54, 1.807) is 0 Å². The summed E-state index contributed by atoms with van der Waals surface area (Å²) in [6.07, 6.45) is 2.81. The lowest BCUT2D eigenvalue weighted by Gasteiger charge is -1.92. The zero-order chi connectivity index (χ0) is 7.84. The third-order valence-corrected chi connectivity index (χ3v) is 1.85. The first-order valence-corrected chi connectivity index (χ1v) is 3.65. The number of hydrogen-bond donors (Lipinski definition) is 0. The fraction of sp³-hybridized carbons (Fsp3) is 0.125. The minimum absolute atomic E-state index is 0.731. The molecule has 0 fully saturated rings. The predicted molar refractivity (Wildman–Crippen MR) is 44.6 cm³/mol. The summed E-state index contributed by atoms with van der Waals surface area (Å²) in [6.45, 7) is 0. The molecule has 11 heavy (non-hydrogen) atoms. The first-order chi connectivity index (χ1) is 5.27. The molecule has 2 nitrogen and oxygen atoms in total. The van der Waals surface area contributed by atoms with Gasteiger partial charge < -0.3 is 4.57 Å². The van der Waals surface area contributed by atoms with Gasteiger partial charge in [-0.05, 0) is 18.2 Å². The molecular weight excluding hydrogens is 160 g/mol. The molecule has 0 aliphatic heterocycles. The minimum Gasteiger partial charge on any atom is -0.324 e. The molecule has 0 N–H and O–H groups in total. The van der Waals surface area contributed by atoms with Crippen molar-refractivity contribution in [1.29, 1.82) is 0 Å². The van der Waals surface area contributed by atoms with E-state index in [0.717, 1.165) is 16.1 Å². The Bertz CT molecular complexity index is 392. The molecule has 2 rings (SSSR count). The fourth-order valence-corrected chi connectivity index (χ4v) is 1.21. The Morgan fingerprint density at radius 2 is 2.36 bits per heavy atom. The van der Waals surface area contributed by atoms with Crippen LogP contribution in [0.15, 0.2) is 18.2 Å². The highest BCUT2D eigenvalue weighted by Crippen LogP contribution is 2.16. The largest absolute Gasteiger partial charge is 0.324 e. The lowest BCUT2D eigenvalue weighted by molar-refractivity contribution is 0.936. The lowest BCUT2D eigenvalue weighted by Crippen LogP contribution is -1.82. The quantitative estimate of drug-likeness (QED) is 0.584. The zero-order valence-corrected chi connectivity index (χ0v) is 6.76. The molecule has 1 aromatic heterocycles. The van der Waals surface area contributed by atoms with Crippen molar-refractivity contribution in [2.75, 3.05) is 0 Å². The van der Waals surface area contributed by atoms with Crippen LogP contribution in [0.5, 0.6) is 0 Å². The van der Waals surface area contributed by atoms with Gasteiger partial charge in [0.2, 0.25) is 0 Å². The summed E-state index contributed by atoms with van der Waals surface area (Å²) in [4.78, 5) is 4.04. The molecule has 0 amide bonds. The highest BCUT2D eigenvalue weighted by molar-refractivity contribution is 6.31. The summed E-state index contributed by atoms with van der Waals surface area (Å²) in [5.41, 5.74) is 1.94. The van der Waals surface area contributed by atoms with Gasteiger partial charge in [-0.25, -0.2) is 4.98 Å². The van der Waals surface area contributed by atoms with E-state index in [1.807, 2.05) is 29.8 Å². The molecule has 2 aromatic rings. The van der Waals surface area contributed by atoms with Crippen molar-refractivity contribution in [2.45, 2.75) is 0 Å². The first kappa shape index (κ1) is 6.68. The second-order valence-electron chi connectivity index (χ2n) is 2.40. The van der Waals surface area contributed by atoms with Gasteiger partial charge in [0, 0.05) is 12.1 Å². The van der Waals surface area contributed by atoms with Gasteiger partial charge in [0.1, 0.15) is 0 Å². The van der Waals surface area contributed by atoms with Crippen molar-refractivity contribution >= 4 is 22.6 Å². The summed E-state index contributed by atoms with van der Waals surface area (Å²) < 4.78 is 1.82. The molecule has 1 radical (unpaired) electrons. The van der Waals surface area contributed by atoms with Crippen molar-refractivity contribution in [2.24, 2.45) is 7.05 Å². The number of fused-ring (bicyclic) bond motifs is 1. The monoisotopic (exact) mass is 165 g/mol. The number of aryl methyl sites for hydroxylation is 1.